The van der Waals surface area contributed by atoms with Gasteiger partial charge in [0.1, 0.15) is 9.23 Å². The molecule has 1 aromatic carbocycles. The van der Waals surface area contributed by atoms with Crippen molar-refractivity contribution in [1.82, 2.24) is 4.90 Å². The summed E-state index contributed by atoms with van der Waals surface area (Å²) >= 11 is 14.5. The lowest BCUT2D eigenvalue weighted by Gasteiger charge is -2.16. The Labute approximate surface area is 149 Å². The number of thiocarbonyl (C=S) groups is 1. The molecule has 1 amide bonds. The summed E-state index contributed by atoms with van der Waals surface area (Å²) < 4.78 is 0.656. The molecule has 22 heavy (non-hydrogen) atoms. The monoisotopic (exact) mass is 370 g/mol. The van der Waals surface area contributed by atoms with E-state index in [2.05, 4.69) is 6.92 Å². The second-order valence-electron chi connectivity index (χ2n) is 5.09. The van der Waals surface area contributed by atoms with Crippen LogP contribution in [0.3, 0.4) is 0 Å². The van der Waals surface area contributed by atoms with Crippen molar-refractivity contribution in [3.05, 3.63) is 33.2 Å². The number of hydrogen-bond acceptors (Lipinski definition) is 5. The molecule has 1 saturated heterocycles. The fraction of sp³-hybridized carbons (Fsp3) is 0.333. The highest BCUT2D eigenvalue weighted by Crippen LogP contribution is 2.50. The van der Waals surface area contributed by atoms with E-state index in [0.29, 0.717) is 15.9 Å². The summed E-state index contributed by atoms with van der Waals surface area (Å²) in [5.74, 6) is 0.0247. The molecule has 0 bridgehead atoms. The van der Waals surface area contributed by atoms with E-state index < -0.39 is 0 Å². The lowest BCUT2D eigenvalue weighted by Crippen LogP contribution is -2.29. The van der Waals surface area contributed by atoms with Crippen molar-refractivity contribution in [2.24, 2.45) is 0 Å². The molecule has 0 N–H and O–H groups in total. The van der Waals surface area contributed by atoms with Crippen LogP contribution in [-0.2, 0) is 4.79 Å². The molecule has 0 aliphatic carbocycles. The second kappa shape index (κ2) is 6.43. The Kier molecular flexibility index (Phi) is 4.73. The predicted molar refractivity (Wildman–Crippen MR) is 99.5 cm³/mol. The van der Waals surface area contributed by atoms with Crippen molar-refractivity contribution in [3.63, 3.8) is 0 Å². The number of nitrogens with zero attached hydrogens (tertiary/aromatic N) is 2. The van der Waals surface area contributed by atoms with Crippen LogP contribution in [0.5, 0.6) is 0 Å². The minimum absolute atomic E-state index is 0.0247. The fourth-order valence-corrected chi connectivity index (χ4v) is 5.14. The predicted octanol–water partition coefficient (Wildman–Crippen LogP) is 4.71. The van der Waals surface area contributed by atoms with E-state index in [1.54, 1.807) is 16.7 Å². The first-order valence-corrected chi connectivity index (χ1v) is 9.44. The van der Waals surface area contributed by atoms with E-state index in [9.17, 15) is 4.79 Å². The zero-order valence-electron chi connectivity index (χ0n) is 12.3. The van der Waals surface area contributed by atoms with Gasteiger partial charge >= 0.3 is 0 Å². The number of rotatable bonds is 3. The van der Waals surface area contributed by atoms with Gasteiger partial charge in [0, 0.05) is 23.5 Å². The van der Waals surface area contributed by atoms with Crippen LogP contribution in [0, 0.1) is 0 Å². The summed E-state index contributed by atoms with van der Waals surface area (Å²) in [6, 6.07) is 5.79. The average molecular weight is 371 g/mol. The van der Waals surface area contributed by atoms with Crippen LogP contribution in [0.25, 0.3) is 0 Å². The minimum Gasteiger partial charge on any atom is -0.337 e. The Balaban J connectivity index is 1.92. The van der Waals surface area contributed by atoms with Gasteiger partial charge in [-0.05, 0) is 24.6 Å². The Morgan fingerprint density at radius 1 is 1.32 bits per heavy atom. The number of anilines is 1. The van der Waals surface area contributed by atoms with E-state index >= 15 is 0 Å². The molecule has 1 aromatic rings. The van der Waals surface area contributed by atoms with Gasteiger partial charge in [-0.1, -0.05) is 60.7 Å². The van der Waals surface area contributed by atoms with Crippen molar-refractivity contribution >= 4 is 63.3 Å². The summed E-state index contributed by atoms with van der Waals surface area (Å²) in [4.78, 5) is 18.2. The summed E-state index contributed by atoms with van der Waals surface area (Å²) in [7, 11) is 1.96. The third-order valence-corrected chi connectivity index (χ3v) is 6.61. The summed E-state index contributed by atoms with van der Waals surface area (Å²) in [5, 5.41) is 1.64. The summed E-state index contributed by atoms with van der Waals surface area (Å²) in [6.45, 7) is 2.81. The van der Waals surface area contributed by atoms with Crippen molar-refractivity contribution in [2.75, 3.05) is 18.5 Å². The molecule has 3 nitrogen and oxygen atoms in total. The van der Waals surface area contributed by atoms with Crippen LogP contribution in [0.2, 0.25) is 5.02 Å². The Morgan fingerprint density at radius 2 is 2.09 bits per heavy atom. The van der Waals surface area contributed by atoms with Gasteiger partial charge in [-0.3, -0.25) is 9.69 Å². The van der Waals surface area contributed by atoms with Gasteiger partial charge in [0.25, 0.3) is 5.91 Å². The van der Waals surface area contributed by atoms with Crippen LogP contribution >= 0.6 is 47.3 Å². The van der Waals surface area contributed by atoms with E-state index in [0.717, 1.165) is 33.4 Å². The van der Waals surface area contributed by atoms with E-state index in [1.807, 2.05) is 30.1 Å². The quantitative estimate of drug-likeness (QED) is 0.566. The minimum atomic E-state index is 0.0247. The standard InChI is InChI=1S/C15H15ClN2OS3/c1-3-4-7-18-13(19)12(22-15(18)20)14-17(2)10-8-9(16)5-6-11(10)21-14/h5-6,8H,3-4,7H2,1-2H3/b14-12-. The Bertz CT molecular complexity index is 689. The molecule has 0 unspecified atom stereocenters. The van der Waals surface area contributed by atoms with Crippen molar-refractivity contribution in [3.8, 4) is 0 Å². The maximum absolute atomic E-state index is 12.7. The van der Waals surface area contributed by atoms with Gasteiger partial charge in [0.05, 0.1) is 10.7 Å². The molecule has 0 atom stereocenters. The molecule has 0 aromatic heterocycles. The maximum Gasteiger partial charge on any atom is 0.268 e. The number of halogens is 1. The van der Waals surface area contributed by atoms with Gasteiger partial charge in [-0.2, -0.15) is 0 Å². The topological polar surface area (TPSA) is 23.6 Å². The van der Waals surface area contributed by atoms with Gasteiger partial charge in [-0.25, -0.2) is 0 Å². The zero-order chi connectivity index (χ0) is 15.9. The molecule has 1 fully saturated rings. The van der Waals surface area contributed by atoms with Crippen molar-refractivity contribution in [1.29, 1.82) is 0 Å². The number of unbranched alkanes of at least 4 members (excludes halogenated alkanes) is 1. The maximum atomic E-state index is 12.7. The first-order chi connectivity index (χ1) is 10.5. The van der Waals surface area contributed by atoms with Crippen LogP contribution < -0.4 is 4.90 Å². The van der Waals surface area contributed by atoms with Gasteiger partial charge in [0.15, 0.2) is 0 Å². The average Bonchev–Trinajstić information content (AvgIpc) is 2.95. The van der Waals surface area contributed by atoms with E-state index in [4.69, 9.17) is 23.8 Å². The van der Waals surface area contributed by atoms with Crippen LogP contribution in [0.15, 0.2) is 33.0 Å². The molecule has 3 rings (SSSR count). The Morgan fingerprint density at radius 3 is 2.82 bits per heavy atom. The number of benzene rings is 1. The van der Waals surface area contributed by atoms with E-state index in [-0.39, 0.29) is 5.91 Å². The molecule has 7 heteroatoms. The van der Waals surface area contributed by atoms with Crippen molar-refractivity contribution in [2.45, 2.75) is 24.7 Å². The fourth-order valence-electron chi connectivity index (χ4n) is 2.36. The molecule has 0 radical (unpaired) electrons. The highest BCUT2D eigenvalue weighted by atomic mass is 35.5. The highest BCUT2D eigenvalue weighted by molar-refractivity contribution is 8.27. The summed E-state index contributed by atoms with van der Waals surface area (Å²) in [5.41, 5.74) is 1.03. The molecule has 0 saturated carbocycles. The molecule has 0 spiro atoms. The lowest BCUT2D eigenvalue weighted by atomic mass is 10.3. The van der Waals surface area contributed by atoms with Gasteiger partial charge in [0.2, 0.25) is 0 Å². The molecule has 2 aliphatic rings. The molecule has 2 heterocycles. The van der Waals surface area contributed by atoms with E-state index in [1.165, 1.54) is 11.8 Å². The third-order valence-electron chi connectivity index (χ3n) is 3.57. The lowest BCUT2D eigenvalue weighted by molar-refractivity contribution is -0.122. The normalized spacial score (nSPS) is 21.0. The number of fused-ring (bicyclic) bond motifs is 1. The number of carbonyl (C=O) groups is 1. The smallest absolute Gasteiger partial charge is 0.268 e. The zero-order valence-corrected chi connectivity index (χ0v) is 15.5. The molecular formula is C15H15ClN2OS3. The van der Waals surface area contributed by atoms with Gasteiger partial charge in [-0.15, -0.1) is 0 Å². The van der Waals surface area contributed by atoms with Crippen LogP contribution in [-0.4, -0.2) is 28.7 Å². The first kappa shape index (κ1) is 16.2. The number of thioether (sulfide) groups is 2. The number of hydrogen-bond donors (Lipinski definition) is 0. The number of amides is 1. The SMILES string of the molecule is CCCCN1C(=O)/C(=C2/Sc3ccc(Cl)cc3N2C)SC1=S. The first-order valence-electron chi connectivity index (χ1n) is 7.02. The van der Waals surface area contributed by atoms with Crippen LogP contribution in [0.1, 0.15) is 19.8 Å². The van der Waals surface area contributed by atoms with Gasteiger partial charge < -0.3 is 4.90 Å². The van der Waals surface area contributed by atoms with Crippen molar-refractivity contribution < 1.29 is 4.79 Å². The highest BCUT2D eigenvalue weighted by Gasteiger charge is 2.37. The Hall–Kier alpha value is -0.690. The van der Waals surface area contributed by atoms with Crippen LogP contribution in [0.4, 0.5) is 5.69 Å². The molecular weight excluding hydrogens is 356 g/mol. The molecule has 116 valence electrons. The number of carbonyl (C=O) groups excluding carboxylic acids is 1. The molecule has 2 aliphatic heterocycles. The summed E-state index contributed by atoms with van der Waals surface area (Å²) in [6.07, 6.45) is 2.01. The second-order valence-corrected chi connectivity index (χ2v) is 8.20. The third kappa shape index (κ3) is 2.77. The largest absolute Gasteiger partial charge is 0.337 e.